The summed E-state index contributed by atoms with van der Waals surface area (Å²) in [5.41, 5.74) is 2.24. The number of carboxylic acid groups (broad SMARTS) is 1. The zero-order valence-electron chi connectivity index (χ0n) is 13.2. The molecule has 0 aliphatic carbocycles. The van der Waals surface area contributed by atoms with Crippen LogP contribution in [-0.4, -0.2) is 29.1 Å². The normalized spacial score (nSPS) is 21.3. The van der Waals surface area contributed by atoms with Crippen LogP contribution >= 0.6 is 0 Å². The number of hydrogen-bond donors (Lipinski definition) is 1. The molecular weight excluding hydrogens is 290 g/mol. The summed E-state index contributed by atoms with van der Waals surface area (Å²) in [5, 5.41) is 9.25. The highest BCUT2D eigenvalue weighted by Crippen LogP contribution is 2.35. The average Bonchev–Trinajstić information content (AvgIpc) is 2.96. The third kappa shape index (κ3) is 3.54. The van der Waals surface area contributed by atoms with Crippen molar-refractivity contribution >= 4 is 5.97 Å². The second-order valence-corrected chi connectivity index (χ2v) is 5.96. The topological polar surface area (TPSA) is 49.8 Å². The van der Waals surface area contributed by atoms with Crippen molar-refractivity contribution in [3.8, 4) is 5.75 Å². The summed E-state index contributed by atoms with van der Waals surface area (Å²) >= 11 is 0. The van der Waals surface area contributed by atoms with E-state index in [1.807, 2.05) is 66.5 Å². The fourth-order valence-electron chi connectivity index (χ4n) is 3.19. The molecule has 2 aromatic rings. The van der Waals surface area contributed by atoms with Crippen LogP contribution in [0.2, 0.25) is 0 Å². The van der Waals surface area contributed by atoms with Gasteiger partial charge in [0, 0.05) is 6.04 Å². The molecule has 4 nitrogen and oxygen atoms in total. The number of ether oxygens (including phenoxy) is 1. The van der Waals surface area contributed by atoms with E-state index in [1.54, 1.807) is 0 Å². The first-order valence-corrected chi connectivity index (χ1v) is 7.86. The van der Waals surface area contributed by atoms with Gasteiger partial charge in [0.05, 0.1) is 0 Å². The lowest BCUT2D eigenvalue weighted by Gasteiger charge is -2.23. The molecule has 4 heteroatoms. The van der Waals surface area contributed by atoms with Crippen molar-refractivity contribution in [2.45, 2.75) is 31.5 Å². The third-order valence-corrected chi connectivity index (χ3v) is 4.47. The monoisotopic (exact) mass is 311 g/mol. The molecule has 1 fully saturated rings. The van der Waals surface area contributed by atoms with E-state index in [0.29, 0.717) is 13.0 Å². The van der Waals surface area contributed by atoms with Crippen LogP contribution in [-0.2, 0) is 11.4 Å². The average molecular weight is 311 g/mol. The zero-order valence-corrected chi connectivity index (χ0v) is 13.2. The SMILES string of the molecule is CN1C(c2cccc(OCc3ccccc3)c2)CC[C@H]1C(=O)O. The summed E-state index contributed by atoms with van der Waals surface area (Å²) in [7, 11) is 1.88. The number of hydrogen-bond acceptors (Lipinski definition) is 3. The highest BCUT2D eigenvalue weighted by Gasteiger charge is 2.35. The van der Waals surface area contributed by atoms with Gasteiger partial charge >= 0.3 is 5.97 Å². The molecule has 0 amide bonds. The Balaban J connectivity index is 1.69. The van der Waals surface area contributed by atoms with Crippen molar-refractivity contribution in [1.82, 2.24) is 4.90 Å². The zero-order chi connectivity index (χ0) is 16.2. The maximum absolute atomic E-state index is 11.2. The number of carboxylic acids is 1. The molecule has 0 spiro atoms. The summed E-state index contributed by atoms with van der Waals surface area (Å²) in [6.45, 7) is 0.530. The first-order valence-electron chi connectivity index (χ1n) is 7.86. The van der Waals surface area contributed by atoms with Crippen molar-refractivity contribution < 1.29 is 14.6 Å². The minimum atomic E-state index is -0.744. The quantitative estimate of drug-likeness (QED) is 0.918. The number of likely N-dealkylation sites (N-methyl/N-ethyl adjacent to an activating group) is 1. The van der Waals surface area contributed by atoms with Gasteiger partial charge in [-0.1, -0.05) is 42.5 Å². The fourth-order valence-corrected chi connectivity index (χ4v) is 3.19. The van der Waals surface area contributed by atoms with Crippen LogP contribution in [0.3, 0.4) is 0 Å². The standard InChI is InChI=1S/C19H21NO3/c1-20-17(10-11-18(20)19(21)22)15-8-5-9-16(12-15)23-13-14-6-3-2-4-7-14/h2-9,12,17-18H,10-11,13H2,1H3,(H,21,22)/t17?,18-/m0/s1. The number of benzene rings is 2. The molecule has 1 heterocycles. The second-order valence-electron chi connectivity index (χ2n) is 5.96. The van der Waals surface area contributed by atoms with E-state index in [9.17, 15) is 9.90 Å². The van der Waals surface area contributed by atoms with Crippen LogP contribution in [0.25, 0.3) is 0 Å². The Hall–Kier alpha value is -2.33. The van der Waals surface area contributed by atoms with E-state index in [0.717, 1.165) is 23.3 Å². The van der Waals surface area contributed by atoms with Crippen LogP contribution in [0.1, 0.15) is 30.0 Å². The van der Waals surface area contributed by atoms with Gasteiger partial charge in [0.15, 0.2) is 0 Å². The summed E-state index contributed by atoms with van der Waals surface area (Å²) in [5.74, 6) is 0.0741. The number of likely N-dealkylation sites (tertiary alicyclic amines) is 1. The molecule has 23 heavy (non-hydrogen) atoms. The molecule has 120 valence electrons. The molecule has 1 saturated heterocycles. The van der Waals surface area contributed by atoms with E-state index in [-0.39, 0.29) is 6.04 Å². The van der Waals surface area contributed by atoms with Gasteiger partial charge in [-0.25, -0.2) is 0 Å². The van der Waals surface area contributed by atoms with E-state index in [1.165, 1.54) is 0 Å². The fraction of sp³-hybridized carbons (Fsp3) is 0.316. The Morgan fingerprint density at radius 2 is 1.96 bits per heavy atom. The lowest BCUT2D eigenvalue weighted by molar-refractivity contribution is -0.142. The first-order chi connectivity index (χ1) is 11.1. The van der Waals surface area contributed by atoms with Gasteiger partial charge in [0.2, 0.25) is 0 Å². The van der Waals surface area contributed by atoms with Crippen molar-refractivity contribution in [3.05, 3.63) is 65.7 Å². The molecular formula is C19H21NO3. The second kappa shape index (κ2) is 6.84. The van der Waals surface area contributed by atoms with Crippen LogP contribution in [0, 0.1) is 0 Å². The highest BCUT2D eigenvalue weighted by atomic mass is 16.5. The van der Waals surface area contributed by atoms with Crippen molar-refractivity contribution in [3.63, 3.8) is 0 Å². The number of carbonyl (C=O) groups is 1. The van der Waals surface area contributed by atoms with Crippen LogP contribution in [0.5, 0.6) is 5.75 Å². The lowest BCUT2D eigenvalue weighted by atomic mass is 10.0. The molecule has 1 aliphatic heterocycles. The predicted octanol–water partition coefficient (Wildman–Crippen LogP) is 3.49. The molecule has 2 aromatic carbocycles. The molecule has 1 unspecified atom stereocenters. The maximum atomic E-state index is 11.2. The van der Waals surface area contributed by atoms with Gasteiger partial charge in [-0.2, -0.15) is 0 Å². The Morgan fingerprint density at radius 3 is 2.65 bits per heavy atom. The Labute approximate surface area is 136 Å². The molecule has 0 radical (unpaired) electrons. The highest BCUT2D eigenvalue weighted by molar-refractivity contribution is 5.74. The lowest BCUT2D eigenvalue weighted by Crippen LogP contribution is -2.34. The van der Waals surface area contributed by atoms with Crippen LogP contribution in [0.15, 0.2) is 54.6 Å². The molecule has 0 aromatic heterocycles. The number of nitrogens with zero attached hydrogens (tertiary/aromatic N) is 1. The van der Waals surface area contributed by atoms with Crippen molar-refractivity contribution in [2.24, 2.45) is 0 Å². The smallest absolute Gasteiger partial charge is 0.320 e. The summed E-state index contributed by atoms with van der Waals surface area (Å²) in [4.78, 5) is 13.2. The van der Waals surface area contributed by atoms with Crippen LogP contribution in [0.4, 0.5) is 0 Å². The number of aliphatic carboxylic acids is 1. The van der Waals surface area contributed by atoms with Gasteiger partial charge < -0.3 is 9.84 Å². The minimum absolute atomic E-state index is 0.136. The summed E-state index contributed by atoms with van der Waals surface area (Å²) in [6.07, 6.45) is 1.54. The van der Waals surface area contributed by atoms with Gasteiger partial charge in [-0.05, 0) is 43.1 Å². The molecule has 0 bridgehead atoms. The van der Waals surface area contributed by atoms with E-state index < -0.39 is 12.0 Å². The molecule has 1 aliphatic rings. The van der Waals surface area contributed by atoms with E-state index in [2.05, 4.69) is 0 Å². The molecule has 0 saturated carbocycles. The molecule has 1 N–H and O–H groups in total. The summed E-state index contributed by atoms with van der Waals surface area (Å²) < 4.78 is 5.87. The van der Waals surface area contributed by atoms with Gasteiger partial charge in [0.25, 0.3) is 0 Å². The number of rotatable bonds is 5. The van der Waals surface area contributed by atoms with Gasteiger partial charge in [-0.3, -0.25) is 9.69 Å². The maximum Gasteiger partial charge on any atom is 0.320 e. The Morgan fingerprint density at radius 1 is 1.17 bits per heavy atom. The van der Waals surface area contributed by atoms with Gasteiger partial charge in [-0.15, -0.1) is 0 Å². The van der Waals surface area contributed by atoms with Crippen molar-refractivity contribution in [2.75, 3.05) is 7.05 Å². The first kappa shape index (κ1) is 15.6. The van der Waals surface area contributed by atoms with Crippen molar-refractivity contribution in [1.29, 1.82) is 0 Å². The predicted molar refractivity (Wildman–Crippen MR) is 88.4 cm³/mol. The van der Waals surface area contributed by atoms with E-state index in [4.69, 9.17) is 4.74 Å². The Kier molecular flexibility index (Phi) is 4.63. The minimum Gasteiger partial charge on any atom is -0.489 e. The summed E-state index contributed by atoms with van der Waals surface area (Å²) in [6, 6.07) is 17.8. The molecule has 2 atom stereocenters. The van der Waals surface area contributed by atoms with Gasteiger partial charge in [0.1, 0.15) is 18.4 Å². The third-order valence-electron chi connectivity index (χ3n) is 4.47. The largest absolute Gasteiger partial charge is 0.489 e. The van der Waals surface area contributed by atoms with E-state index >= 15 is 0 Å². The molecule has 3 rings (SSSR count). The Bertz CT molecular complexity index is 671. The van der Waals surface area contributed by atoms with Crippen LogP contribution < -0.4 is 4.74 Å².